The van der Waals surface area contributed by atoms with Gasteiger partial charge in [0.25, 0.3) is 0 Å². The van der Waals surface area contributed by atoms with Crippen LogP contribution in [0.25, 0.3) is 10.8 Å². The van der Waals surface area contributed by atoms with Crippen LogP contribution < -0.4 is 11.5 Å². The van der Waals surface area contributed by atoms with Gasteiger partial charge in [-0.1, -0.05) is 48.5 Å². The minimum Gasteiger partial charge on any atom is -0.744 e. The van der Waals surface area contributed by atoms with Crippen molar-refractivity contribution in [2.45, 2.75) is 23.6 Å². The lowest BCUT2D eigenvalue weighted by atomic mass is 10.1. The van der Waals surface area contributed by atoms with E-state index in [9.17, 15) is 25.9 Å². The van der Waals surface area contributed by atoms with Crippen molar-refractivity contribution in [2.24, 2.45) is 0 Å². The summed E-state index contributed by atoms with van der Waals surface area (Å²) < 4.78 is 66.1. The van der Waals surface area contributed by atoms with Gasteiger partial charge in [0.2, 0.25) is 0 Å². The first-order chi connectivity index (χ1) is 15.8. The molecule has 10 heteroatoms. The van der Waals surface area contributed by atoms with E-state index < -0.39 is 30.0 Å². The number of aryl methyl sites for hydroxylation is 2. The molecule has 0 radical (unpaired) electrons. The van der Waals surface area contributed by atoms with Gasteiger partial charge in [-0.25, -0.2) is 16.8 Å². The summed E-state index contributed by atoms with van der Waals surface area (Å²) in [6.45, 7) is 4.13. The number of hydrogen-bond acceptors (Lipinski definition) is 6. The van der Waals surface area contributed by atoms with Gasteiger partial charge in [-0.05, 0) is 49.2 Å². The molecule has 0 bridgehead atoms. The SMILES string of the molecule is Cc1cccc([NH3+])c1.Cc1cccc([NH3+])c1.O=S(=O)([O-])c1cccc2c(S(=O)(=O)[O-])cccc12. The van der Waals surface area contributed by atoms with Crippen molar-refractivity contribution in [3.05, 3.63) is 96.1 Å². The number of fused-ring (bicyclic) bond motifs is 1. The maximum atomic E-state index is 11.0. The van der Waals surface area contributed by atoms with Crippen molar-refractivity contribution in [2.75, 3.05) is 0 Å². The quantitative estimate of drug-likeness (QED) is 0.399. The molecule has 4 aromatic carbocycles. The molecule has 4 aromatic rings. The van der Waals surface area contributed by atoms with Crippen LogP contribution in [0.3, 0.4) is 0 Å². The minimum absolute atomic E-state index is 0.0792. The lowest BCUT2D eigenvalue weighted by Crippen LogP contribution is -2.40. The van der Waals surface area contributed by atoms with Crippen molar-refractivity contribution in [1.29, 1.82) is 0 Å². The summed E-state index contributed by atoms with van der Waals surface area (Å²) in [4.78, 5) is -1.10. The van der Waals surface area contributed by atoms with Crippen molar-refractivity contribution in [3.8, 4) is 0 Å². The molecule has 34 heavy (non-hydrogen) atoms. The van der Waals surface area contributed by atoms with Crippen LogP contribution in [0.15, 0.2) is 94.7 Å². The van der Waals surface area contributed by atoms with Gasteiger partial charge in [0.05, 0.1) is 9.79 Å². The van der Waals surface area contributed by atoms with Crippen LogP contribution in [0.5, 0.6) is 0 Å². The monoisotopic (exact) mass is 502 g/mol. The first-order valence-corrected chi connectivity index (χ1v) is 12.8. The Morgan fingerprint density at radius 2 is 0.882 bits per heavy atom. The van der Waals surface area contributed by atoms with E-state index in [2.05, 4.69) is 49.6 Å². The zero-order valence-electron chi connectivity index (χ0n) is 18.8. The van der Waals surface area contributed by atoms with Crippen molar-refractivity contribution in [1.82, 2.24) is 0 Å². The normalized spacial score (nSPS) is 11.1. The first-order valence-electron chi connectivity index (χ1n) is 10.00. The number of hydrogen-bond donors (Lipinski definition) is 2. The molecular formula is C24H26N2O6S2. The van der Waals surface area contributed by atoms with Gasteiger partial charge in [0.1, 0.15) is 31.6 Å². The van der Waals surface area contributed by atoms with E-state index in [1.807, 2.05) is 24.3 Å². The zero-order valence-corrected chi connectivity index (χ0v) is 20.4. The third-order valence-corrected chi connectivity index (χ3v) is 6.34. The topological polar surface area (TPSA) is 170 Å². The van der Waals surface area contributed by atoms with Crippen LogP contribution >= 0.6 is 0 Å². The van der Waals surface area contributed by atoms with Crippen LogP contribution in [0, 0.1) is 13.8 Å². The molecule has 0 aromatic heterocycles. The fourth-order valence-corrected chi connectivity index (χ4v) is 4.50. The molecule has 0 unspecified atom stereocenters. The average Bonchev–Trinajstić information content (AvgIpc) is 2.72. The van der Waals surface area contributed by atoms with Crippen LogP contribution in [0.1, 0.15) is 11.1 Å². The summed E-state index contributed by atoms with van der Waals surface area (Å²) >= 11 is 0. The Morgan fingerprint density at radius 3 is 1.12 bits per heavy atom. The highest BCUT2D eigenvalue weighted by Gasteiger charge is 2.12. The van der Waals surface area contributed by atoms with E-state index in [4.69, 9.17) is 0 Å². The highest BCUT2D eigenvalue weighted by molar-refractivity contribution is 7.86. The summed E-state index contributed by atoms with van der Waals surface area (Å²) in [5, 5.41) is -0.158. The van der Waals surface area contributed by atoms with Crippen molar-refractivity contribution < 1.29 is 37.4 Å². The Labute approximate surface area is 199 Å². The molecule has 6 N–H and O–H groups in total. The lowest BCUT2D eigenvalue weighted by molar-refractivity contribution is -0.255. The van der Waals surface area contributed by atoms with Gasteiger partial charge in [0, 0.05) is 22.9 Å². The Bertz CT molecular complexity index is 1350. The molecule has 0 atom stereocenters. The van der Waals surface area contributed by atoms with Crippen molar-refractivity contribution >= 4 is 42.4 Å². The van der Waals surface area contributed by atoms with E-state index in [0.29, 0.717) is 0 Å². The second-order valence-corrected chi connectivity index (χ2v) is 10.2. The molecule has 0 amide bonds. The summed E-state index contributed by atoms with van der Waals surface area (Å²) in [5.41, 5.74) is 12.3. The number of rotatable bonds is 2. The summed E-state index contributed by atoms with van der Waals surface area (Å²) in [6.07, 6.45) is 0. The second-order valence-electron chi connectivity index (χ2n) is 7.49. The Balaban J connectivity index is 0.000000210. The first kappa shape index (κ1) is 27.1. The minimum atomic E-state index is -4.74. The summed E-state index contributed by atoms with van der Waals surface area (Å²) in [5.74, 6) is 0. The molecule has 0 saturated heterocycles. The fourth-order valence-electron chi connectivity index (χ4n) is 3.11. The third-order valence-electron chi connectivity index (χ3n) is 4.55. The van der Waals surface area contributed by atoms with Gasteiger partial charge in [-0.15, -0.1) is 0 Å². The van der Waals surface area contributed by atoms with E-state index >= 15 is 0 Å². The third kappa shape index (κ3) is 8.03. The van der Waals surface area contributed by atoms with Crippen LogP contribution in [-0.2, 0) is 20.2 Å². The smallest absolute Gasteiger partial charge is 0.128 e. The maximum Gasteiger partial charge on any atom is 0.128 e. The van der Waals surface area contributed by atoms with E-state index in [-0.39, 0.29) is 10.8 Å². The molecule has 0 aliphatic rings. The average molecular weight is 503 g/mol. The predicted octanol–water partition coefficient (Wildman–Crippen LogP) is 2.38. The standard InChI is InChI=1S/C10H8O6S2.2C7H9N/c11-17(12,13)9-5-1-3-7-8(9)4-2-6-10(7)18(14,15)16;2*1-6-3-2-4-7(8)5-6/h1-6H,(H,11,12,13)(H,14,15,16);2*2-5H,8H2,1H3. The largest absolute Gasteiger partial charge is 0.744 e. The van der Waals surface area contributed by atoms with Crippen LogP contribution in [0.4, 0.5) is 11.4 Å². The van der Waals surface area contributed by atoms with E-state index in [1.54, 1.807) is 0 Å². The predicted molar refractivity (Wildman–Crippen MR) is 127 cm³/mol. The second kappa shape index (κ2) is 11.3. The number of quaternary nitrogens is 2. The molecule has 0 fully saturated rings. The Hall–Kier alpha value is -3.12. The van der Waals surface area contributed by atoms with Gasteiger partial charge < -0.3 is 20.6 Å². The van der Waals surface area contributed by atoms with Crippen LogP contribution in [-0.4, -0.2) is 25.9 Å². The molecule has 0 saturated carbocycles. The summed E-state index contributed by atoms with van der Waals surface area (Å²) in [6, 6.07) is 23.3. The van der Waals surface area contributed by atoms with E-state index in [1.165, 1.54) is 35.4 Å². The maximum absolute atomic E-state index is 11.0. The highest BCUT2D eigenvalue weighted by atomic mass is 32.2. The molecule has 4 rings (SSSR count). The Morgan fingerprint density at radius 1 is 0.559 bits per heavy atom. The molecule has 180 valence electrons. The van der Waals surface area contributed by atoms with Gasteiger partial charge in [-0.2, -0.15) is 0 Å². The van der Waals surface area contributed by atoms with Crippen LogP contribution in [0.2, 0.25) is 0 Å². The fraction of sp³-hybridized carbons (Fsp3) is 0.0833. The van der Waals surface area contributed by atoms with Gasteiger partial charge in [0.15, 0.2) is 0 Å². The lowest BCUT2D eigenvalue weighted by Gasteiger charge is -2.14. The molecule has 8 nitrogen and oxygen atoms in total. The molecular weight excluding hydrogens is 476 g/mol. The molecule has 0 aliphatic carbocycles. The zero-order chi connectivity index (χ0) is 25.5. The number of benzene rings is 4. The molecule has 0 heterocycles. The van der Waals surface area contributed by atoms with E-state index in [0.717, 1.165) is 23.5 Å². The van der Waals surface area contributed by atoms with Crippen molar-refractivity contribution in [3.63, 3.8) is 0 Å². The highest BCUT2D eigenvalue weighted by Crippen LogP contribution is 2.27. The molecule has 0 aliphatic heterocycles. The van der Waals surface area contributed by atoms with Gasteiger partial charge in [-0.3, -0.25) is 0 Å². The summed E-state index contributed by atoms with van der Waals surface area (Å²) in [7, 11) is -9.48. The van der Waals surface area contributed by atoms with Gasteiger partial charge >= 0.3 is 0 Å². The Kier molecular flexibility index (Phi) is 9.05. The molecule has 0 spiro atoms.